The van der Waals surface area contributed by atoms with E-state index in [-0.39, 0.29) is 0 Å². The molecule has 3 rings (SSSR count). The number of aryl methyl sites for hydroxylation is 1. The molecule has 1 fully saturated rings. The van der Waals surface area contributed by atoms with Gasteiger partial charge in [-0.3, -0.25) is 0 Å². The van der Waals surface area contributed by atoms with Gasteiger partial charge in [0.15, 0.2) is 5.82 Å². The first-order chi connectivity index (χ1) is 11.8. The number of rotatable bonds is 5. The van der Waals surface area contributed by atoms with E-state index in [2.05, 4.69) is 16.0 Å². The van der Waals surface area contributed by atoms with Gasteiger partial charge in [0.05, 0.1) is 25.5 Å². The molecule has 1 saturated heterocycles. The quantitative estimate of drug-likeness (QED) is 0.657. The van der Waals surface area contributed by atoms with E-state index in [1.165, 1.54) is 0 Å². The number of ether oxygens (including phenoxy) is 1. The maximum Gasteiger partial charge on any atom is 0.160 e. The first-order valence-corrected chi connectivity index (χ1v) is 9.15. The summed E-state index contributed by atoms with van der Waals surface area (Å²) < 4.78 is 5.39. The number of aromatic nitrogens is 2. The predicted molar refractivity (Wildman–Crippen MR) is 94.0 cm³/mol. The largest absolute Gasteiger partial charge is 0.370 e. The minimum atomic E-state index is 0.594. The molecule has 0 unspecified atom stereocenters. The van der Waals surface area contributed by atoms with Crippen molar-refractivity contribution in [2.75, 3.05) is 38.6 Å². The highest BCUT2D eigenvalue weighted by molar-refractivity contribution is 7.99. The second-order valence-electron chi connectivity index (χ2n) is 5.75. The average molecular weight is 341 g/mol. The van der Waals surface area contributed by atoms with Crippen LogP contribution >= 0.6 is 11.8 Å². The molecule has 6 heteroatoms. The highest BCUT2D eigenvalue weighted by Crippen LogP contribution is 2.25. The lowest BCUT2D eigenvalue weighted by Crippen LogP contribution is -3.14. The Bertz CT molecular complexity index is 724. The number of benzene rings is 1. The van der Waals surface area contributed by atoms with E-state index >= 15 is 0 Å². The fraction of sp³-hybridized carbons (Fsp3) is 0.389. The molecule has 2 aromatic rings. The monoisotopic (exact) mass is 341 g/mol. The number of nitrogens with zero attached hydrogens (tertiary/aromatic N) is 3. The van der Waals surface area contributed by atoms with E-state index in [0.29, 0.717) is 11.4 Å². The molecule has 0 aliphatic carbocycles. The normalized spacial score (nSPS) is 15.2. The van der Waals surface area contributed by atoms with E-state index < -0.39 is 0 Å². The van der Waals surface area contributed by atoms with E-state index in [9.17, 15) is 5.26 Å². The van der Waals surface area contributed by atoms with Gasteiger partial charge >= 0.3 is 0 Å². The van der Waals surface area contributed by atoms with Crippen molar-refractivity contribution >= 4 is 11.8 Å². The molecular formula is C18H21N4OS+. The van der Waals surface area contributed by atoms with Crippen molar-refractivity contribution in [3.05, 3.63) is 41.6 Å². The molecule has 0 spiro atoms. The summed E-state index contributed by atoms with van der Waals surface area (Å²) in [5.74, 6) is 1.63. The van der Waals surface area contributed by atoms with Gasteiger partial charge in [0, 0.05) is 11.3 Å². The number of nitrogens with one attached hydrogen (secondary N) is 1. The zero-order valence-corrected chi connectivity index (χ0v) is 14.6. The van der Waals surface area contributed by atoms with Gasteiger partial charge in [-0.1, -0.05) is 42.1 Å². The van der Waals surface area contributed by atoms with Crippen LogP contribution in [-0.4, -0.2) is 48.6 Å². The second kappa shape index (κ2) is 8.25. The molecule has 0 saturated carbocycles. The van der Waals surface area contributed by atoms with Crippen molar-refractivity contribution in [1.29, 1.82) is 5.26 Å². The van der Waals surface area contributed by atoms with Crippen LogP contribution < -0.4 is 4.90 Å². The Labute approximate surface area is 146 Å². The summed E-state index contributed by atoms with van der Waals surface area (Å²) in [6.45, 7) is 6.74. The Morgan fingerprint density at radius 2 is 1.96 bits per heavy atom. The smallest absolute Gasteiger partial charge is 0.160 e. The lowest BCUT2D eigenvalue weighted by molar-refractivity contribution is -0.905. The van der Waals surface area contributed by atoms with E-state index in [4.69, 9.17) is 4.74 Å². The molecule has 1 aromatic heterocycles. The van der Waals surface area contributed by atoms with Crippen molar-refractivity contribution in [2.24, 2.45) is 0 Å². The first kappa shape index (κ1) is 16.9. The molecule has 5 nitrogen and oxygen atoms in total. The van der Waals surface area contributed by atoms with E-state index in [1.54, 1.807) is 16.7 Å². The zero-order valence-electron chi connectivity index (χ0n) is 13.8. The fourth-order valence-corrected chi connectivity index (χ4v) is 3.77. The summed E-state index contributed by atoms with van der Waals surface area (Å²) in [6, 6.07) is 12.2. The molecule has 1 aromatic carbocycles. The molecule has 1 aliphatic heterocycles. The summed E-state index contributed by atoms with van der Waals surface area (Å²) in [5, 5.41) is 10.2. The summed E-state index contributed by atoms with van der Waals surface area (Å²) in [6.07, 6.45) is 0. The van der Waals surface area contributed by atoms with Gasteiger partial charge in [-0.25, -0.2) is 9.97 Å². The van der Waals surface area contributed by atoms with Crippen molar-refractivity contribution in [3.63, 3.8) is 0 Å². The number of thioether (sulfide) groups is 1. The standard InChI is InChI=1S/C18H20N4OS/c1-14-16(13-19)18(24-12-9-22-7-10-23-11-8-22)21-17(20-14)15-5-3-2-4-6-15/h2-6H,7-12H2,1H3/p+1. The van der Waals surface area contributed by atoms with Gasteiger partial charge < -0.3 is 9.64 Å². The molecule has 2 heterocycles. The third-order valence-corrected chi connectivity index (χ3v) is 5.07. The number of nitriles is 1. The Kier molecular flexibility index (Phi) is 5.81. The van der Waals surface area contributed by atoms with Gasteiger partial charge in [-0.15, -0.1) is 0 Å². The third kappa shape index (κ3) is 4.12. The highest BCUT2D eigenvalue weighted by Gasteiger charge is 2.16. The van der Waals surface area contributed by atoms with Crippen molar-refractivity contribution in [1.82, 2.24) is 9.97 Å². The molecule has 1 N–H and O–H groups in total. The molecule has 0 amide bonds. The predicted octanol–water partition coefficient (Wildman–Crippen LogP) is 1.33. The lowest BCUT2D eigenvalue weighted by atomic mass is 10.2. The molecule has 0 bridgehead atoms. The van der Waals surface area contributed by atoms with Gasteiger partial charge in [-0.05, 0) is 6.92 Å². The summed E-state index contributed by atoms with van der Waals surface area (Å²) in [7, 11) is 0. The molecule has 0 atom stereocenters. The first-order valence-electron chi connectivity index (χ1n) is 8.16. The molecule has 24 heavy (non-hydrogen) atoms. The second-order valence-corrected chi connectivity index (χ2v) is 6.84. The van der Waals surface area contributed by atoms with Crippen LogP contribution in [0.3, 0.4) is 0 Å². The average Bonchev–Trinajstić information content (AvgIpc) is 2.63. The maximum absolute atomic E-state index is 9.44. The molecule has 124 valence electrons. The minimum absolute atomic E-state index is 0.594. The zero-order chi connectivity index (χ0) is 16.8. The van der Waals surface area contributed by atoms with Crippen LogP contribution in [0.2, 0.25) is 0 Å². The topological polar surface area (TPSA) is 63.2 Å². The van der Waals surface area contributed by atoms with Crippen LogP contribution in [0.4, 0.5) is 0 Å². The fourth-order valence-electron chi connectivity index (χ4n) is 2.70. The van der Waals surface area contributed by atoms with Crippen LogP contribution in [0.25, 0.3) is 11.4 Å². The van der Waals surface area contributed by atoms with Gasteiger partial charge in [0.1, 0.15) is 29.7 Å². The third-order valence-electron chi connectivity index (χ3n) is 4.09. The van der Waals surface area contributed by atoms with Crippen LogP contribution in [0.5, 0.6) is 0 Å². The van der Waals surface area contributed by atoms with Gasteiger partial charge in [-0.2, -0.15) is 5.26 Å². The Hall–Kier alpha value is -1.94. The van der Waals surface area contributed by atoms with E-state index in [0.717, 1.165) is 54.9 Å². The summed E-state index contributed by atoms with van der Waals surface area (Å²) in [4.78, 5) is 10.7. The SMILES string of the molecule is Cc1nc(-c2ccccc2)nc(SCC[NH+]2CCOCC2)c1C#N. The summed E-state index contributed by atoms with van der Waals surface area (Å²) >= 11 is 1.65. The van der Waals surface area contributed by atoms with E-state index in [1.807, 2.05) is 37.3 Å². The highest BCUT2D eigenvalue weighted by atomic mass is 32.2. The van der Waals surface area contributed by atoms with Gasteiger partial charge in [0.25, 0.3) is 0 Å². The lowest BCUT2D eigenvalue weighted by Gasteiger charge is -2.23. The number of quaternary nitrogens is 1. The number of morpholine rings is 1. The Morgan fingerprint density at radius 3 is 2.67 bits per heavy atom. The van der Waals surface area contributed by atoms with Crippen LogP contribution in [0.1, 0.15) is 11.3 Å². The van der Waals surface area contributed by atoms with Crippen molar-refractivity contribution in [3.8, 4) is 17.5 Å². The number of hydrogen-bond acceptors (Lipinski definition) is 5. The van der Waals surface area contributed by atoms with Crippen LogP contribution in [0.15, 0.2) is 35.4 Å². The Balaban J connectivity index is 1.75. The van der Waals surface area contributed by atoms with Crippen LogP contribution in [-0.2, 0) is 4.74 Å². The minimum Gasteiger partial charge on any atom is -0.370 e. The van der Waals surface area contributed by atoms with Crippen molar-refractivity contribution in [2.45, 2.75) is 11.9 Å². The van der Waals surface area contributed by atoms with Gasteiger partial charge in [0.2, 0.25) is 0 Å². The number of hydrogen-bond donors (Lipinski definition) is 1. The molecule has 1 aliphatic rings. The van der Waals surface area contributed by atoms with Crippen LogP contribution in [0, 0.1) is 18.3 Å². The Morgan fingerprint density at radius 1 is 1.21 bits per heavy atom. The summed E-state index contributed by atoms with van der Waals surface area (Å²) in [5.41, 5.74) is 2.31. The van der Waals surface area contributed by atoms with Crippen molar-refractivity contribution < 1.29 is 9.64 Å². The maximum atomic E-state index is 9.44. The molecular weight excluding hydrogens is 320 g/mol. The molecule has 0 radical (unpaired) electrons.